The SMILES string of the molecule is CCON=C(CC)C1=C(O)CC(c2c(C)c([N+](=O)[O-])c(C)c([N+](=O)[O-])c2C)CC1=O. The van der Waals surface area contributed by atoms with Crippen LogP contribution in [0.1, 0.15) is 61.3 Å². The lowest BCUT2D eigenvalue weighted by molar-refractivity contribution is -0.396. The van der Waals surface area contributed by atoms with Crippen molar-refractivity contribution in [3.63, 3.8) is 0 Å². The lowest BCUT2D eigenvalue weighted by Gasteiger charge is -2.26. The van der Waals surface area contributed by atoms with Crippen LogP contribution in [-0.4, -0.2) is 33.1 Å². The van der Waals surface area contributed by atoms with Crippen molar-refractivity contribution in [3.05, 3.63) is 53.8 Å². The molecule has 1 atom stereocenters. The van der Waals surface area contributed by atoms with Crippen LogP contribution in [0.4, 0.5) is 11.4 Å². The summed E-state index contributed by atoms with van der Waals surface area (Å²) in [4.78, 5) is 39.8. The number of nitro benzene ring substituents is 2. The van der Waals surface area contributed by atoms with E-state index in [1.54, 1.807) is 13.8 Å². The molecular weight excluding hydrogens is 394 g/mol. The number of hydrogen-bond donors (Lipinski definition) is 1. The molecule has 1 aliphatic rings. The summed E-state index contributed by atoms with van der Waals surface area (Å²) in [6.45, 7) is 8.21. The third kappa shape index (κ3) is 4.03. The minimum atomic E-state index is -0.643. The zero-order valence-corrected chi connectivity index (χ0v) is 17.6. The number of oxime groups is 1. The minimum absolute atomic E-state index is 0.0191. The normalized spacial score (nSPS) is 17.3. The number of carbonyl (C=O) groups is 1. The summed E-state index contributed by atoms with van der Waals surface area (Å²) in [7, 11) is 0. The van der Waals surface area contributed by atoms with Crippen LogP contribution < -0.4 is 0 Å². The lowest BCUT2D eigenvalue weighted by Crippen LogP contribution is -2.25. The van der Waals surface area contributed by atoms with Crippen LogP contribution in [0, 0.1) is 41.0 Å². The van der Waals surface area contributed by atoms with Crippen LogP contribution in [0.25, 0.3) is 0 Å². The van der Waals surface area contributed by atoms with Gasteiger partial charge in [0.2, 0.25) is 0 Å². The number of aliphatic hydroxyl groups is 1. The number of hydrogen-bond acceptors (Lipinski definition) is 8. The van der Waals surface area contributed by atoms with E-state index in [0.717, 1.165) is 0 Å². The third-order valence-corrected chi connectivity index (χ3v) is 5.37. The number of rotatable bonds is 7. The van der Waals surface area contributed by atoms with Crippen LogP contribution in [0.2, 0.25) is 0 Å². The average molecular weight is 419 g/mol. The Balaban J connectivity index is 2.66. The van der Waals surface area contributed by atoms with E-state index in [4.69, 9.17) is 4.84 Å². The van der Waals surface area contributed by atoms with Crippen molar-refractivity contribution in [1.29, 1.82) is 0 Å². The second kappa shape index (κ2) is 9.02. The van der Waals surface area contributed by atoms with Gasteiger partial charge in [-0.05, 0) is 45.6 Å². The Morgan fingerprint density at radius 2 is 1.60 bits per heavy atom. The van der Waals surface area contributed by atoms with Crippen molar-refractivity contribution in [2.45, 2.75) is 59.8 Å². The van der Waals surface area contributed by atoms with Crippen molar-refractivity contribution < 1.29 is 24.6 Å². The van der Waals surface area contributed by atoms with Gasteiger partial charge in [0.1, 0.15) is 17.9 Å². The van der Waals surface area contributed by atoms with E-state index in [2.05, 4.69) is 5.16 Å². The zero-order valence-electron chi connectivity index (χ0n) is 17.6. The minimum Gasteiger partial charge on any atom is -0.511 e. The second-order valence-electron chi connectivity index (χ2n) is 7.16. The number of Topliss-reactive ketones (excluding diaryl/α,β-unsaturated/α-hetero) is 1. The molecule has 1 aliphatic carbocycles. The maximum Gasteiger partial charge on any atom is 0.282 e. The van der Waals surface area contributed by atoms with Gasteiger partial charge < -0.3 is 9.94 Å². The first kappa shape index (κ1) is 23.0. The van der Waals surface area contributed by atoms with Gasteiger partial charge in [0.15, 0.2) is 5.78 Å². The number of benzene rings is 1. The standard InChI is InChI=1S/C20H25N3O7/c1-6-14(21-30-7-2)18-15(24)8-13(9-16(18)25)17-10(3)19(22(26)27)12(5)20(11(17)4)23(28)29/h13,24H,6-9H2,1-5H3. The van der Waals surface area contributed by atoms with Crippen LogP contribution in [-0.2, 0) is 9.63 Å². The summed E-state index contributed by atoms with van der Waals surface area (Å²) in [5.41, 5.74) is 0.621. The molecule has 1 aromatic rings. The maximum atomic E-state index is 12.9. The van der Waals surface area contributed by atoms with Crippen molar-refractivity contribution in [2.75, 3.05) is 6.61 Å². The first-order chi connectivity index (χ1) is 14.1. The molecular formula is C20H25N3O7. The highest BCUT2D eigenvalue weighted by Gasteiger charge is 2.38. The molecule has 0 heterocycles. The maximum absolute atomic E-state index is 12.9. The number of aliphatic hydroxyl groups excluding tert-OH is 1. The van der Waals surface area contributed by atoms with Gasteiger partial charge in [-0.1, -0.05) is 12.1 Å². The molecule has 0 saturated carbocycles. The summed E-state index contributed by atoms with van der Waals surface area (Å²) in [5, 5.41) is 37.7. The van der Waals surface area contributed by atoms with Crippen molar-refractivity contribution >= 4 is 22.9 Å². The van der Waals surface area contributed by atoms with E-state index in [-0.39, 0.29) is 58.0 Å². The highest BCUT2D eigenvalue weighted by molar-refractivity contribution is 6.23. The Kier molecular flexibility index (Phi) is 6.91. The van der Waals surface area contributed by atoms with Crippen molar-refractivity contribution in [3.8, 4) is 0 Å². The van der Waals surface area contributed by atoms with Crippen LogP contribution in [0.3, 0.4) is 0 Å². The van der Waals surface area contributed by atoms with Crippen LogP contribution in [0.15, 0.2) is 16.5 Å². The molecule has 0 amide bonds. The van der Waals surface area contributed by atoms with E-state index in [1.165, 1.54) is 20.8 Å². The number of nitro groups is 2. The third-order valence-electron chi connectivity index (χ3n) is 5.37. The average Bonchev–Trinajstić information content (AvgIpc) is 2.62. The Labute approximate surface area is 173 Å². The largest absolute Gasteiger partial charge is 0.511 e. The Bertz CT molecular complexity index is 938. The topological polar surface area (TPSA) is 145 Å². The van der Waals surface area contributed by atoms with Crippen molar-refractivity contribution in [2.24, 2.45) is 5.16 Å². The van der Waals surface area contributed by atoms with Gasteiger partial charge in [-0.25, -0.2) is 0 Å². The molecule has 0 aromatic heterocycles. The quantitative estimate of drug-likeness (QED) is 0.389. The predicted octanol–water partition coefficient (Wildman–Crippen LogP) is 4.49. The Morgan fingerprint density at radius 1 is 1.07 bits per heavy atom. The van der Waals surface area contributed by atoms with Gasteiger partial charge in [-0.2, -0.15) is 0 Å². The van der Waals surface area contributed by atoms with Gasteiger partial charge >= 0.3 is 0 Å². The summed E-state index contributed by atoms with van der Waals surface area (Å²) in [5.74, 6) is -1.19. The molecule has 0 radical (unpaired) electrons. The number of ketones is 1. The Hall–Kier alpha value is -3.30. The highest BCUT2D eigenvalue weighted by Crippen LogP contribution is 2.44. The first-order valence-electron chi connectivity index (χ1n) is 9.63. The molecule has 0 saturated heterocycles. The molecule has 0 fully saturated rings. The molecule has 2 rings (SSSR count). The molecule has 1 N–H and O–H groups in total. The monoisotopic (exact) mass is 419 g/mol. The molecule has 30 heavy (non-hydrogen) atoms. The van der Waals surface area contributed by atoms with E-state index >= 15 is 0 Å². The fourth-order valence-corrected chi connectivity index (χ4v) is 4.23. The summed E-state index contributed by atoms with van der Waals surface area (Å²) >= 11 is 0. The van der Waals surface area contributed by atoms with Crippen LogP contribution >= 0.6 is 0 Å². The molecule has 1 aromatic carbocycles. The van der Waals surface area contributed by atoms with Crippen molar-refractivity contribution in [1.82, 2.24) is 0 Å². The Morgan fingerprint density at radius 3 is 2.00 bits per heavy atom. The smallest absolute Gasteiger partial charge is 0.282 e. The predicted molar refractivity (Wildman–Crippen MR) is 110 cm³/mol. The molecule has 10 heteroatoms. The van der Waals surface area contributed by atoms with Gasteiger partial charge in [0, 0.05) is 24.0 Å². The summed E-state index contributed by atoms with van der Waals surface area (Å²) in [6, 6.07) is 0. The van der Waals surface area contributed by atoms with Gasteiger partial charge in [-0.15, -0.1) is 0 Å². The summed E-state index contributed by atoms with van der Waals surface area (Å²) in [6.07, 6.45) is 0.337. The number of allylic oxidation sites excluding steroid dienone is 2. The number of nitrogens with zero attached hydrogens (tertiary/aromatic N) is 3. The van der Waals surface area contributed by atoms with E-state index in [1.807, 2.05) is 0 Å². The molecule has 0 bridgehead atoms. The van der Waals surface area contributed by atoms with Gasteiger partial charge in [0.05, 0.1) is 21.1 Å². The first-order valence-corrected chi connectivity index (χ1v) is 9.63. The van der Waals surface area contributed by atoms with E-state index in [0.29, 0.717) is 24.3 Å². The van der Waals surface area contributed by atoms with Crippen LogP contribution in [0.5, 0.6) is 0 Å². The molecule has 162 valence electrons. The summed E-state index contributed by atoms with van der Waals surface area (Å²) < 4.78 is 0. The molecule has 0 aliphatic heterocycles. The highest BCUT2D eigenvalue weighted by atomic mass is 16.6. The van der Waals surface area contributed by atoms with Gasteiger partial charge in [-0.3, -0.25) is 25.0 Å². The molecule has 10 nitrogen and oxygen atoms in total. The molecule has 0 spiro atoms. The second-order valence-corrected chi connectivity index (χ2v) is 7.16. The molecule has 1 unspecified atom stereocenters. The lowest BCUT2D eigenvalue weighted by atomic mass is 9.77. The fourth-order valence-electron chi connectivity index (χ4n) is 4.23. The van der Waals surface area contributed by atoms with E-state index in [9.17, 15) is 30.1 Å². The van der Waals surface area contributed by atoms with Gasteiger partial charge in [0.25, 0.3) is 11.4 Å². The fraction of sp³-hybridized carbons (Fsp3) is 0.500. The van der Waals surface area contributed by atoms with E-state index < -0.39 is 15.8 Å². The number of carbonyl (C=O) groups excluding carboxylic acids is 1. The zero-order chi connectivity index (χ0) is 22.7.